The molecule has 1 N–H and O–H groups in total. The Balaban J connectivity index is 1.82. The summed E-state index contributed by atoms with van der Waals surface area (Å²) in [4.78, 5) is 14.5. The molecule has 0 atom stereocenters. The number of nitrogens with zero attached hydrogens (tertiary/aromatic N) is 3. The minimum atomic E-state index is -0.180. The zero-order valence-electron chi connectivity index (χ0n) is 16.2. The van der Waals surface area contributed by atoms with Gasteiger partial charge in [0, 0.05) is 29.7 Å². The van der Waals surface area contributed by atoms with Gasteiger partial charge < -0.3 is 14.7 Å². The van der Waals surface area contributed by atoms with E-state index >= 15 is 0 Å². The average molecular weight is 452 g/mol. The second-order valence-corrected chi connectivity index (χ2v) is 8.24. The van der Waals surface area contributed by atoms with Crippen LogP contribution in [-0.2, 0) is 9.53 Å². The second-order valence-electron chi connectivity index (χ2n) is 6.56. The molecule has 1 fully saturated rings. The Labute approximate surface area is 184 Å². The molecular weight excluding hydrogens is 430 g/mol. The number of halogens is 1. The van der Waals surface area contributed by atoms with Gasteiger partial charge in [0.25, 0.3) is 0 Å². The first-order valence-electron chi connectivity index (χ1n) is 9.18. The van der Waals surface area contributed by atoms with Crippen molar-refractivity contribution in [2.75, 3.05) is 25.2 Å². The summed E-state index contributed by atoms with van der Waals surface area (Å²) in [5.41, 5.74) is 1.35. The minimum Gasteiger partial charge on any atom is -0.504 e. The maximum atomic E-state index is 11.8. The number of piperidine rings is 1. The number of thiocarbonyl (C=S) groups is 1. The van der Waals surface area contributed by atoms with Gasteiger partial charge in [-0.15, -0.1) is 11.3 Å². The van der Waals surface area contributed by atoms with Crippen LogP contribution in [0.25, 0.3) is 10.4 Å². The maximum Gasteiger partial charge on any atom is 0.308 e. The first-order chi connectivity index (χ1) is 14.0. The number of esters is 1. The predicted octanol–water partition coefficient (Wildman–Crippen LogP) is 4.76. The normalized spacial score (nSPS) is 14.9. The fourth-order valence-corrected chi connectivity index (χ4v) is 4.70. The van der Waals surface area contributed by atoms with Gasteiger partial charge in [0.2, 0.25) is 0 Å². The van der Waals surface area contributed by atoms with Crippen molar-refractivity contribution < 1.29 is 14.6 Å². The molecule has 0 radical (unpaired) electrons. The number of hydrogen-bond acceptors (Lipinski definition) is 6. The SMILES string of the molecule is C/C=N/N(C(=S)N1CCC(C(=O)OC)CC1)c1csc(-c2cccc(Cl)c2)c1O. The topological polar surface area (TPSA) is 65.4 Å². The number of methoxy groups -OCH3 is 1. The summed E-state index contributed by atoms with van der Waals surface area (Å²) in [6.45, 7) is 3.04. The highest BCUT2D eigenvalue weighted by atomic mass is 35.5. The van der Waals surface area contributed by atoms with Gasteiger partial charge in [0.15, 0.2) is 10.9 Å². The van der Waals surface area contributed by atoms with Crippen LogP contribution in [0.5, 0.6) is 5.75 Å². The van der Waals surface area contributed by atoms with Gasteiger partial charge in [-0.2, -0.15) is 5.10 Å². The predicted molar refractivity (Wildman–Crippen MR) is 122 cm³/mol. The highest BCUT2D eigenvalue weighted by Crippen LogP contribution is 2.44. The van der Waals surface area contributed by atoms with Gasteiger partial charge >= 0.3 is 5.97 Å². The highest BCUT2D eigenvalue weighted by Gasteiger charge is 2.30. The number of benzene rings is 1. The van der Waals surface area contributed by atoms with Crippen LogP contribution in [0.15, 0.2) is 34.7 Å². The fraction of sp³-hybridized carbons (Fsp3) is 0.350. The smallest absolute Gasteiger partial charge is 0.308 e. The number of carbonyl (C=O) groups excluding carboxylic acids is 1. The molecule has 0 spiro atoms. The molecule has 9 heteroatoms. The molecule has 6 nitrogen and oxygen atoms in total. The third-order valence-corrected chi connectivity index (χ3v) is 6.45. The largest absolute Gasteiger partial charge is 0.504 e. The Bertz CT molecular complexity index is 923. The van der Waals surface area contributed by atoms with Gasteiger partial charge in [-0.3, -0.25) is 4.79 Å². The Morgan fingerprint density at radius 2 is 2.17 bits per heavy atom. The van der Waals surface area contributed by atoms with E-state index in [9.17, 15) is 9.90 Å². The van der Waals surface area contributed by atoms with Crippen LogP contribution in [0.1, 0.15) is 19.8 Å². The molecule has 0 saturated carbocycles. The van der Waals surface area contributed by atoms with Gasteiger partial charge in [0.05, 0.1) is 17.9 Å². The van der Waals surface area contributed by atoms with Crippen molar-refractivity contribution in [2.24, 2.45) is 11.0 Å². The maximum absolute atomic E-state index is 11.8. The van der Waals surface area contributed by atoms with Crippen molar-refractivity contribution in [1.29, 1.82) is 0 Å². The van der Waals surface area contributed by atoms with Crippen molar-refractivity contribution >= 4 is 58.1 Å². The number of hydrogen-bond donors (Lipinski definition) is 1. The van der Waals surface area contributed by atoms with E-state index in [1.165, 1.54) is 18.4 Å². The summed E-state index contributed by atoms with van der Waals surface area (Å²) in [5.74, 6) is -0.179. The number of anilines is 1. The first kappa shape index (κ1) is 21.5. The lowest BCUT2D eigenvalue weighted by molar-refractivity contribution is -0.146. The molecule has 1 saturated heterocycles. The van der Waals surface area contributed by atoms with Crippen molar-refractivity contribution in [3.05, 3.63) is 34.7 Å². The average Bonchev–Trinajstić information content (AvgIpc) is 3.12. The van der Waals surface area contributed by atoms with Crippen molar-refractivity contribution in [3.63, 3.8) is 0 Å². The Hall–Kier alpha value is -2.16. The minimum absolute atomic E-state index is 0.105. The summed E-state index contributed by atoms with van der Waals surface area (Å²) in [5, 5.41) is 19.7. The number of hydrazone groups is 1. The van der Waals surface area contributed by atoms with Gasteiger partial charge in [0.1, 0.15) is 5.69 Å². The number of rotatable bonds is 4. The van der Waals surface area contributed by atoms with E-state index in [-0.39, 0.29) is 17.6 Å². The third-order valence-electron chi connectivity index (χ3n) is 4.77. The second kappa shape index (κ2) is 9.56. The molecule has 1 aliphatic rings. The van der Waals surface area contributed by atoms with Crippen molar-refractivity contribution in [3.8, 4) is 16.2 Å². The van der Waals surface area contributed by atoms with E-state index in [2.05, 4.69) is 5.10 Å². The van der Waals surface area contributed by atoms with E-state index in [1.807, 2.05) is 22.4 Å². The summed E-state index contributed by atoms with van der Waals surface area (Å²) in [6.07, 6.45) is 2.96. The number of aromatic hydroxyl groups is 1. The fourth-order valence-electron chi connectivity index (χ4n) is 3.26. The molecule has 0 bridgehead atoms. The summed E-state index contributed by atoms with van der Waals surface area (Å²) in [7, 11) is 1.41. The van der Waals surface area contributed by atoms with Crippen LogP contribution >= 0.6 is 35.2 Å². The van der Waals surface area contributed by atoms with Crippen molar-refractivity contribution in [2.45, 2.75) is 19.8 Å². The number of carbonyl (C=O) groups is 1. The summed E-state index contributed by atoms with van der Waals surface area (Å²) < 4.78 is 4.84. The molecule has 1 aromatic carbocycles. The molecular formula is C20H22ClN3O3S2. The molecule has 154 valence electrons. The van der Waals surface area contributed by atoms with Crippen LogP contribution in [0, 0.1) is 5.92 Å². The third kappa shape index (κ3) is 4.71. The van der Waals surface area contributed by atoms with Gasteiger partial charge in [-0.25, -0.2) is 5.01 Å². The lowest BCUT2D eigenvalue weighted by Gasteiger charge is -2.35. The Morgan fingerprint density at radius 3 is 2.79 bits per heavy atom. The molecule has 29 heavy (non-hydrogen) atoms. The molecule has 2 aromatic rings. The van der Waals surface area contributed by atoms with E-state index in [1.54, 1.807) is 30.3 Å². The summed E-state index contributed by atoms with van der Waals surface area (Å²) >= 11 is 13.2. The zero-order valence-corrected chi connectivity index (χ0v) is 18.6. The molecule has 0 unspecified atom stereocenters. The highest BCUT2D eigenvalue weighted by molar-refractivity contribution is 7.80. The van der Waals surface area contributed by atoms with Crippen LogP contribution in [-0.4, -0.2) is 47.5 Å². The van der Waals surface area contributed by atoms with Gasteiger partial charge in [-0.05, 0) is 49.7 Å². The molecule has 0 aliphatic carbocycles. The number of ether oxygens (including phenoxy) is 1. The lowest BCUT2D eigenvalue weighted by Crippen LogP contribution is -2.45. The summed E-state index contributed by atoms with van der Waals surface area (Å²) in [6, 6.07) is 7.33. The van der Waals surface area contributed by atoms with Crippen LogP contribution in [0.4, 0.5) is 5.69 Å². The Kier molecular flexibility index (Phi) is 7.10. The van der Waals surface area contributed by atoms with E-state index in [0.717, 1.165) is 5.56 Å². The monoisotopic (exact) mass is 451 g/mol. The standard InChI is InChI=1S/C20H22ClN3O3S2/c1-3-22-24(20(28)23-9-7-13(8-10-23)19(26)27-2)16-12-29-18(17(16)25)14-5-4-6-15(21)11-14/h3-6,11-13,25H,7-10H2,1-2H3/b22-3+. The first-order valence-corrected chi connectivity index (χ1v) is 10.8. The molecule has 0 amide bonds. The quantitative estimate of drug-likeness (QED) is 0.313. The van der Waals surface area contributed by atoms with E-state index in [0.29, 0.717) is 46.6 Å². The molecule has 1 aliphatic heterocycles. The zero-order chi connectivity index (χ0) is 21.0. The van der Waals surface area contributed by atoms with Gasteiger partial charge in [-0.1, -0.05) is 23.7 Å². The van der Waals surface area contributed by atoms with E-state index in [4.69, 9.17) is 28.6 Å². The Morgan fingerprint density at radius 1 is 1.45 bits per heavy atom. The molecule has 2 heterocycles. The van der Waals surface area contributed by atoms with E-state index < -0.39 is 0 Å². The van der Waals surface area contributed by atoms with Crippen molar-refractivity contribution in [1.82, 2.24) is 4.90 Å². The molecule has 1 aromatic heterocycles. The van der Waals surface area contributed by atoms with Crippen LogP contribution in [0.2, 0.25) is 5.02 Å². The lowest BCUT2D eigenvalue weighted by atomic mass is 9.97. The van der Waals surface area contributed by atoms with Crippen LogP contribution in [0.3, 0.4) is 0 Å². The number of thiophene rings is 1. The number of likely N-dealkylation sites (tertiary alicyclic amines) is 1. The molecule has 3 rings (SSSR count). The van der Waals surface area contributed by atoms with Crippen LogP contribution < -0.4 is 5.01 Å².